The van der Waals surface area contributed by atoms with Crippen LogP contribution in [0.2, 0.25) is 10.0 Å². The average molecular weight is 276 g/mol. The van der Waals surface area contributed by atoms with Crippen LogP contribution in [0.1, 0.15) is 12.5 Å². The smallest absolute Gasteiger partial charge is 0.226 e. The lowest BCUT2D eigenvalue weighted by molar-refractivity contribution is -0.130. The molecule has 3 nitrogen and oxygen atoms in total. The van der Waals surface area contributed by atoms with E-state index in [4.69, 9.17) is 23.2 Å². The molecule has 0 spiro atoms. The fraction of sp³-hybridized carbons (Fsp3) is 0.417. The second-order valence-corrected chi connectivity index (χ2v) is 4.81. The zero-order valence-electron chi connectivity index (χ0n) is 9.78. The lowest BCUT2D eigenvalue weighted by Gasteiger charge is -2.19. The molecule has 94 valence electrons. The zero-order chi connectivity index (χ0) is 13.0. The van der Waals surface area contributed by atoms with Gasteiger partial charge < -0.3 is 10.0 Å². The quantitative estimate of drug-likeness (QED) is 0.917. The van der Waals surface area contributed by atoms with Gasteiger partial charge in [-0.05, 0) is 24.6 Å². The van der Waals surface area contributed by atoms with Crippen molar-refractivity contribution in [3.05, 3.63) is 33.8 Å². The second-order valence-electron chi connectivity index (χ2n) is 4.00. The van der Waals surface area contributed by atoms with Crippen LogP contribution in [-0.4, -0.2) is 35.6 Å². The minimum atomic E-state index is -0.550. The molecule has 0 aliphatic rings. The van der Waals surface area contributed by atoms with Crippen molar-refractivity contribution < 1.29 is 9.90 Å². The summed E-state index contributed by atoms with van der Waals surface area (Å²) in [7, 11) is 1.64. The van der Waals surface area contributed by atoms with E-state index in [1.54, 1.807) is 32.2 Å². The van der Waals surface area contributed by atoms with Gasteiger partial charge in [0.25, 0.3) is 0 Å². The van der Waals surface area contributed by atoms with Crippen molar-refractivity contribution >= 4 is 29.1 Å². The molecule has 0 saturated carbocycles. The van der Waals surface area contributed by atoms with Gasteiger partial charge >= 0.3 is 0 Å². The molecule has 1 aromatic rings. The van der Waals surface area contributed by atoms with Crippen molar-refractivity contribution in [1.29, 1.82) is 0 Å². The largest absolute Gasteiger partial charge is 0.392 e. The molecule has 0 fully saturated rings. The molecule has 0 aliphatic carbocycles. The summed E-state index contributed by atoms with van der Waals surface area (Å²) in [6.45, 7) is 1.92. The van der Waals surface area contributed by atoms with E-state index in [9.17, 15) is 9.90 Å². The Labute approximate surface area is 111 Å². The SMILES string of the molecule is CC(O)CN(C)C(=O)Cc1c(Cl)cccc1Cl. The molecule has 17 heavy (non-hydrogen) atoms. The van der Waals surface area contributed by atoms with E-state index in [0.29, 0.717) is 22.2 Å². The number of carbonyl (C=O) groups is 1. The highest BCUT2D eigenvalue weighted by Crippen LogP contribution is 2.24. The molecule has 1 rings (SSSR count). The number of benzene rings is 1. The first-order valence-electron chi connectivity index (χ1n) is 5.26. The van der Waals surface area contributed by atoms with Gasteiger partial charge in [0.1, 0.15) is 0 Å². The van der Waals surface area contributed by atoms with E-state index in [0.717, 1.165) is 0 Å². The molecular weight excluding hydrogens is 261 g/mol. The number of halogens is 2. The van der Waals surface area contributed by atoms with Crippen molar-refractivity contribution in [2.45, 2.75) is 19.4 Å². The molecule has 0 bridgehead atoms. The van der Waals surface area contributed by atoms with Crippen LogP contribution in [0.15, 0.2) is 18.2 Å². The summed E-state index contributed by atoms with van der Waals surface area (Å²) in [6, 6.07) is 5.13. The fourth-order valence-electron chi connectivity index (χ4n) is 1.49. The number of aliphatic hydroxyl groups excluding tert-OH is 1. The first-order chi connectivity index (χ1) is 7.91. The summed E-state index contributed by atoms with van der Waals surface area (Å²) in [5.74, 6) is -0.124. The Bertz CT molecular complexity index is 387. The summed E-state index contributed by atoms with van der Waals surface area (Å²) in [4.78, 5) is 13.3. The molecular formula is C12H15Cl2NO2. The van der Waals surface area contributed by atoms with Gasteiger partial charge in [0.2, 0.25) is 5.91 Å². The summed E-state index contributed by atoms with van der Waals surface area (Å²) in [5.41, 5.74) is 0.623. The topological polar surface area (TPSA) is 40.5 Å². The van der Waals surface area contributed by atoms with Crippen LogP contribution in [0.3, 0.4) is 0 Å². The number of hydrogen-bond acceptors (Lipinski definition) is 2. The zero-order valence-corrected chi connectivity index (χ0v) is 11.3. The molecule has 0 radical (unpaired) electrons. The summed E-state index contributed by atoms with van der Waals surface area (Å²) < 4.78 is 0. The van der Waals surface area contributed by atoms with Gasteiger partial charge in [-0.15, -0.1) is 0 Å². The van der Waals surface area contributed by atoms with Crippen molar-refractivity contribution in [2.75, 3.05) is 13.6 Å². The van der Waals surface area contributed by atoms with E-state index in [2.05, 4.69) is 0 Å². The van der Waals surface area contributed by atoms with Crippen LogP contribution in [0.5, 0.6) is 0 Å². The fourth-order valence-corrected chi connectivity index (χ4v) is 2.02. The maximum atomic E-state index is 11.8. The Kier molecular flexibility index (Phi) is 5.25. The van der Waals surface area contributed by atoms with E-state index >= 15 is 0 Å². The molecule has 1 aromatic carbocycles. The van der Waals surface area contributed by atoms with Gasteiger partial charge in [-0.25, -0.2) is 0 Å². The standard InChI is InChI=1S/C12H15Cl2NO2/c1-8(16)7-15(2)12(17)6-9-10(13)4-3-5-11(9)14/h3-5,8,16H,6-7H2,1-2H3. The molecule has 5 heteroatoms. The molecule has 0 saturated heterocycles. The number of hydrogen-bond donors (Lipinski definition) is 1. The third-order valence-corrected chi connectivity index (χ3v) is 3.06. The Hall–Kier alpha value is -0.770. The van der Waals surface area contributed by atoms with Crippen LogP contribution < -0.4 is 0 Å². The number of likely N-dealkylation sites (N-methyl/N-ethyl adjacent to an activating group) is 1. The van der Waals surface area contributed by atoms with Crippen LogP contribution in [0.4, 0.5) is 0 Å². The minimum Gasteiger partial charge on any atom is -0.392 e. The lowest BCUT2D eigenvalue weighted by Crippen LogP contribution is -2.34. The molecule has 1 atom stereocenters. The van der Waals surface area contributed by atoms with Gasteiger partial charge in [0, 0.05) is 23.6 Å². The molecule has 0 aliphatic heterocycles. The van der Waals surface area contributed by atoms with Crippen LogP contribution in [0.25, 0.3) is 0 Å². The summed E-state index contributed by atoms with van der Waals surface area (Å²) in [6.07, 6.45) is -0.410. The van der Waals surface area contributed by atoms with Gasteiger partial charge in [-0.2, -0.15) is 0 Å². The van der Waals surface area contributed by atoms with Crippen LogP contribution in [-0.2, 0) is 11.2 Å². The molecule has 1 N–H and O–H groups in total. The van der Waals surface area contributed by atoms with Crippen LogP contribution in [0, 0.1) is 0 Å². The first-order valence-corrected chi connectivity index (χ1v) is 6.02. The van der Waals surface area contributed by atoms with Crippen molar-refractivity contribution in [3.63, 3.8) is 0 Å². The third-order valence-electron chi connectivity index (χ3n) is 2.35. The maximum absolute atomic E-state index is 11.8. The highest BCUT2D eigenvalue weighted by Gasteiger charge is 2.15. The number of amides is 1. The van der Waals surface area contributed by atoms with E-state index < -0.39 is 6.10 Å². The molecule has 1 amide bonds. The van der Waals surface area contributed by atoms with Gasteiger partial charge in [-0.3, -0.25) is 4.79 Å². The third kappa shape index (κ3) is 4.19. The highest BCUT2D eigenvalue weighted by atomic mass is 35.5. The molecule has 0 aromatic heterocycles. The Morgan fingerprint density at radius 2 is 1.94 bits per heavy atom. The second kappa shape index (κ2) is 6.24. The minimum absolute atomic E-state index is 0.124. The molecule has 1 unspecified atom stereocenters. The van der Waals surface area contributed by atoms with Crippen molar-refractivity contribution in [3.8, 4) is 0 Å². The van der Waals surface area contributed by atoms with Crippen molar-refractivity contribution in [2.24, 2.45) is 0 Å². The van der Waals surface area contributed by atoms with Gasteiger partial charge in [-0.1, -0.05) is 29.3 Å². The van der Waals surface area contributed by atoms with Gasteiger partial charge in [0.05, 0.1) is 12.5 Å². The first kappa shape index (κ1) is 14.3. The maximum Gasteiger partial charge on any atom is 0.226 e. The Morgan fingerprint density at radius 1 is 1.41 bits per heavy atom. The summed E-state index contributed by atoms with van der Waals surface area (Å²) in [5, 5.41) is 10.2. The van der Waals surface area contributed by atoms with E-state index in [1.165, 1.54) is 4.90 Å². The predicted octanol–water partition coefficient (Wildman–Crippen LogP) is 2.38. The molecule has 0 heterocycles. The number of carbonyl (C=O) groups excluding carboxylic acids is 1. The lowest BCUT2D eigenvalue weighted by atomic mass is 10.1. The van der Waals surface area contributed by atoms with Crippen LogP contribution >= 0.6 is 23.2 Å². The number of nitrogens with zero attached hydrogens (tertiary/aromatic N) is 1. The number of rotatable bonds is 4. The highest BCUT2D eigenvalue weighted by molar-refractivity contribution is 6.36. The van der Waals surface area contributed by atoms with Crippen molar-refractivity contribution in [1.82, 2.24) is 4.90 Å². The van der Waals surface area contributed by atoms with E-state index in [1.807, 2.05) is 0 Å². The number of aliphatic hydroxyl groups is 1. The summed E-state index contributed by atoms with van der Waals surface area (Å²) >= 11 is 12.0. The Morgan fingerprint density at radius 3 is 2.41 bits per heavy atom. The average Bonchev–Trinajstić information content (AvgIpc) is 2.22. The van der Waals surface area contributed by atoms with Gasteiger partial charge in [0.15, 0.2) is 0 Å². The van der Waals surface area contributed by atoms with E-state index in [-0.39, 0.29) is 12.3 Å². The normalized spacial score (nSPS) is 12.3. The predicted molar refractivity (Wildman–Crippen MR) is 69.5 cm³/mol. The Balaban J connectivity index is 2.74. The monoisotopic (exact) mass is 275 g/mol.